The molecule has 0 aliphatic carbocycles. The Morgan fingerprint density at radius 1 is 1.10 bits per heavy atom. The van der Waals surface area contributed by atoms with Gasteiger partial charge in [-0.3, -0.25) is 9.79 Å². The van der Waals surface area contributed by atoms with Crippen molar-refractivity contribution in [1.29, 1.82) is 0 Å². The second-order valence-corrected chi connectivity index (χ2v) is 10.7. The van der Waals surface area contributed by atoms with Crippen molar-refractivity contribution in [2.75, 3.05) is 26.7 Å². The summed E-state index contributed by atoms with van der Waals surface area (Å²) < 4.78 is 7.55. The number of hydrogen-bond donors (Lipinski definition) is 0. The fraction of sp³-hybridized carbons (Fsp3) is 0.382. The minimum atomic E-state index is -0.123. The summed E-state index contributed by atoms with van der Waals surface area (Å²) in [5, 5.41) is 4.70. The SMILES string of the molecule is C=C/C(=C\N=C(C)c1cccc(Cn2nc(-c3cccc(CCCC)c3)ccc2=O)c1)OCC1CCN(C)CC1. The monoisotopic (exact) mass is 538 g/mol. The van der Waals surface area contributed by atoms with Gasteiger partial charge in [0.1, 0.15) is 5.76 Å². The first-order chi connectivity index (χ1) is 19.4. The van der Waals surface area contributed by atoms with Gasteiger partial charge < -0.3 is 9.64 Å². The number of aliphatic imine (C=N–C) groups is 1. The van der Waals surface area contributed by atoms with Gasteiger partial charge in [0.05, 0.1) is 25.0 Å². The lowest BCUT2D eigenvalue weighted by Crippen LogP contribution is -2.31. The topological polar surface area (TPSA) is 59.7 Å². The van der Waals surface area contributed by atoms with Crippen LogP contribution in [0.15, 0.2) is 95.1 Å². The van der Waals surface area contributed by atoms with Crippen molar-refractivity contribution in [1.82, 2.24) is 14.7 Å². The Morgan fingerprint density at radius 2 is 1.88 bits per heavy atom. The molecule has 0 saturated carbocycles. The molecular weight excluding hydrogens is 496 g/mol. The molecule has 1 aromatic heterocycles. The maximum Gasteiger partial charge on any atom is 0.267 e. The summed E-state index contributed by atoms with van der Waals surface area (Å²) in [5.74, 6) is 1.25. The first kappa shape index (κ1) is 29.2. The molecule has 2 heterocycles. The molecule has 1 fully saturated rings. The Hall–Kier alpha value is -3.77. The largest absolute Gasteiger partial charge is 0.492 e. The van der Waals surface area contributed by atoms with Gasteiger partial charge in [0.25, 0.3) is 5.56 Å². The fourth-order valence-corrected chi connectivity index (χ4v) is 4.88. The molecule has 1 saturated heterocycles. The van der Waals surface area contributed by atoms with Crippen molar-refractivity contribution >= 4 is 5.71 Å². The fourth-order valence-electron chi connectivity index (χ4n) is 4.88. The number of allylic oxidation sites excluding steroid dienone is 1. The van der Waals surface area contributed by atoms with Gasteiger partial charge in [0.15, 0.2) is 0 Å². The maximum atomic E-state index is 12.7. The number of likely N-dealkylation sites (tertiary alicyclic amines) is 1. The van der Waals surface area contributed by atoms with Crippen molar-refractivity contribution < 1.29 is 4.74 Å². The molecular formula is C34H42N4O2. The predicted molar refractivity (Wildman–Crippen MR) is 165 cm³/mol. The molecule has 0 amide bonds. The maximum absolute atomic E-state index is 12.7. The zero-order valence-electron chi connectivity index (χ0n) is 24.2. The third-order valence-corrected chi connectivity index (χ3v) is 7.50. The molecule has 40 heavy (non-hydrogen) atoms. The minimum absolute atomic E-state index is 0.123. The van der Waals surface area contributed by atoms with Crippen LogP contribution in [0.1, 0.15) is 56.2 Å². The number of aryl methyl sites for hydroxylation is 1. The zero-order valence-corrected chi connectivity index (χ0v) is 24.2. The van der Waals surface area contributed by atoms with Crippen LogP contribution in [0, 0.1) is 5.92 Å². The molecule has 0 radical (unpaired) electrons. The van der Waals surface area contributed by atoms with Crippen LogP contribution in [-0.4, -0.2) is 47.1 Å². The van der Waals surface area contributed by atoms with E-state index in [0.717, 1.165) is 73.3 Å². The summed E-state index contributed by atoms with van der Waals surface area (Å²) in [4.78, 5) is 19.7. The Kier molecular flexibility index (Phi) is 10.6. The lowest BCUT2D eigenvalue weighted by Gasteiger charge is -2.28. The highest BCUT2D eigenvalue weighted by Gasteiger charge is 2.17. The molecule has 3 aromatic rings. The molecule has 2 aromatic carbocycles. The van der Waals surface area contributed by atoms with Crippen LogP contribution < -0.4 is 5.56 Å². The summed E-state index contributed by atoms with van der Waals surface area (Å²) in [5.41, 5.74) is 5.84. The van der Waals surface area contributed by atoms with Gasteiger partial charge in [-0.05, 0) is 99.6 Å². The van der Waals surface area contributed by atoms with E-state index in [-0.39, 0.29) is 5.56 Å². The van der Waals surface area contributed by atoms with Gasteiger partial charge >= 0.3 is 0 Å². The lowest BCUT2D eigenvalue weighted by molar-refractivity contribution is 0.122. The van der Waals surface area contributed by atoms with Gasteiger partial charge in [-0.15, -0.1) is 0 Å². The number of benzene rings is 2. The first-order valence-corrected chi connectivity index (χ1v) is 14.4. The molecule has 0 spiro atoms. The van der Waals surface area contributed by atoms with Crippen LogP contribution in [-0.2, 0) is 17.7 Å². The predicted octanol–water partition coefficient (Wildman–Crippen LogP) is 6.50. The first-order valence-electron chi connectivity index (χ1n) is 14.4. The van der Waals surface area contributed by atoms with Crippen LogP contribution in [0.5, 0.6) is 0 Å². The van der Waals surface area contributed by atoms with E-state index in [2.05, 4.69) is 60.8 Å². The molecule has 6 nitrogen and oxygen atoms in total. The Morgan fingerprint density at radius 3 is 2.65 bits per heavy atom. The van der Waals surface area contributed by atoms with Crippen LogP contribution in [0.2, 0.25) is 0 Å². The third-order valence-electron chi connectivity index (χ3n) is 7.50. The summed E-state index contributed by atoms with van der Waals surface area (Å²) >= 11 is 0. The second kappa shape index (κ2) is 14.6. The quantitative estimate of drug-likeness (QED) is 0.150. The molecule has 1 aliphatic heterocycles. The summed E-state index contributed by atoms with van der Waals surface area (Å²) in [7, 11) is 2.17. The van der Waals surface area contributed by atoms with Crippen molar-refractivity contribution in [2.24, 2.45) is 10.9 Å². The molecule has 1 aliphatic rings. The molecule has 4 rings (SSSR count). The van der Waals surface area contributed by atoms with E-state index < -0.39 is 0 Å². The van der Waals surface area contributed by atoms with Gasteiger partial charge in [-0.2, -0.15) is 5.10 Å². The second-order valence-electron chi connectivity index (χ2n) is 10.7. The van der Waals surface area contributed by atoms with E-state index in [0.29, 0.717) is 24.8 Å². The van der Waals surface area contributed by atoms with E-state index >= 15 is 0 Å². The Bertz CT molecular complexity index is 1400. The van der Waals surface area contributed by atoms with Crippen molar-refractivity contribution in [2.45, 2.75) is 52.5 Å². The van der Waals surface area contributed by atoms with Crippen LogP contribution in [0.3, 0.4) is 0 Å². The molecule has 0 N–H and O–H groups in total. The summed E-state index contributed by atoms with van der Waals surface area (Å²) in [6.45, 7) is 11.4. The van der Waals surface area contributed by atoms with E-state index in [9.17, 15) is 4.79 Å². The average molecular weight is 539 g/mol. The number of nitrogens with zero attached hydrogens (tertiary/aromatic N) is 4. The zero-order chi connectivity index (χ0) is 28.3. The highest BCUT2D eigenvalue weighted by molar-refractivity contribution is 5.99. The van der Waals surface area contributed by atoms with Crippen molar-refractivity contribution in [3.8, 4) is 11.3 Å². The van der Waals surface area contributed by atoms with E-state index in [1.165, 1.54) is 10.2 Å². The standard InChI is InChI=1S/C34H42N4O2/c1-5-7-10-27-11-8-14-31(21-27)33-15-16-34(39)38(36-33)24-29-12-9-13-30(22-29)26(3)35-23-32(6-2)40-25-28-17-19-37(4)20-18-28/h6,8-9,11-16,21-23,28H,2,5,7,10,17-20,24-25H2,1,3-4H3/b32-23+,35-26?. The smallest absolute Gasteiger partial charge is 0.267 e. The van der Waals surface area contributed by atoms with Crippen molar-refractivity contribution in [3.63, 3.8) is 0 Å². The Balaban J connectivity index is 1.45. The summed E-state index contributed by atoms with van der Waals surface area (Å²) in [6, 6.07) is 19.9. The van der Waals surface area contributed by atoms with Gasteiger partial charge in [0.2, 0.25) is 0 Å². The molecule has 6 heteroatoms. The number of piperidine rings is 1. The van der Waals surface area contributed by atoms with Gasteiger partial charge in [-0.1, -0.05) is 56.3 Å². The minimum Gasteiger partial charge on any atom is -0.492 e. The van der Waals surface area contributed by atoms with E-state index in [1.807, 2.05) is 31.2 Å². The molecule has 0 bridgehead atoms. The van der Waals surface area contributed by atoms with Gasteiger partial charge in [-0.25, -0.2) is 4.68 Å². The summed E-state index contributed by atoms with van der Waals surface area (Å²) in [6.07, 6.45) is 9.14. The molecule has 0 atom stereocenters. The van der Waals surface area contributed by atoms with Crippen LogP contribution >= 0.6 is 0 Å². The highest BCUT2D eigenvalue weighted by atomic mass is 16.5. The highest BCUT2D eigenvalue weighted by Crippen LogP contribution is 2.20. The van der Waals surface area contributed by atoms with Gasteiger partial charge in [0, 0.05) is 17.3 Å². The van der Waals surface area contributed by atoms with E-state index in [4.69, 9.17) is 9.84 Å². The molecule has 0 unspecified atom stereocenters. The van der Waals surface area contributed by atoms with Crippen LogP contribution in [0.4, 0.5) is 0 Å². The molecule has 210 valence electrons. The number of hydrogen-bond acceptors (Lipinski definition) is 5. The number of unbranched alkanes of at least 4 members (excludes halogenated alkanes) is 1. The number of rotatable bonds is 12. The average Bonchev–Trinajstić information content (AvgIpc) is 2.98. The number of aromatic nitrogens is 2. The normalized spacial score (nSPS) is 15.3. The third kappa shape index (κ3) is 8.36. The number of ether oxygens (including phenoxy) is 1. The van der Waals surface area contributed by atoms with Crippen molar-refractivity contribution in [3.05, 3.63) is 112 Å². The van der Waals surface area contributed by atoms with Crippen LogP contribution in [0.25, 0.3) is 11.3 Å². The van der Waals surface area contributed by atoms with E-state index in [1.54, 1.807) is 18.3 Å². The lowest BCUT2D eigenvalue weighted by atomic mass is 9.98. The Labute approximate surface area is 238 Å².